The Morgan fingerprint density at radius 2 is 1.91 bits per heavy atom. The quantitative estimate of drug-likeness (QED) is 0.771. The predicted octanol–water partition coefficient (Wildman–Crippen LogP) is 3.01. The number of aromatic hydroxyl groups is 1. The second-order valence-electron chi connectivity index (χ2n) is 5.03. The maximum Gasteiger partial charge on any atom is 0.212 e. The van der Waals surface area contributed by atoms with Crippen molar-refractivity contribution in [2.45, 2.75) is 10.5 Å². The molecule has 116 valence electrons. The van der Waals surface area contributed by atoms with Gasteiger partial charge >= 0.3 is 0 Å². The summed E-state index contributed by atoms with van der Waals surface area (Å²) in [5.41, 5.74) is 5.00. The number of aromatic nitrogens is 3. The van der Waals surface area contributed by atoms with Crippen molar-refractivity contribution in [1.29, 1.82) is 0 Å². The lowest BCUT2D eigenvalue weighted by atomic mass is 10.2. The van der Waals surface area contributed by atoms with Crippen LogP contribution in [-0.2, 0) is 0 Å². The lowest BCUT2D eigenvalue weighted by molar-refractivity contribution is 0.416. The fourth-order valence-corrected chi connectivity index (χ4v) is 3.59. The number of nitrogens with one attached hydrogen (secondary N) is 1. The normalized spacial score (nSPS) is 16.0. The maximum atomic E-state index is 10.0. The molecule has 4 rings (SSSR count). The molecule has 0 spiro atoms. The monoisotopic (exact) mass is 326 g/mol. The van der Waals surface area contributed by atoms with Gasteiger partial charge in [0.2, 0.25) is 5.16 Å². The smallest absolute Gasteiger partial charge is 0.212 e. The number of para-hydroxylation sites is 2. The summed E-state index contributed by atoms with van der Waals surface area (Å²) in [7, 11) is 1.63. The highest BCUT2D eigenvalue weighted by Crippen LogP contribution is 2.43. The van der Waals surface area contributed by atoms with Crippen molar-refractivity contribution in [3.8, 4) is 22.9 Å². The van der Waals surface area contributed by atoms with Gasteiger partial charge < -0.3 is 15.3 Å². The van der Waals surface area contributed by atoms with Crippen molar-refractivity contribution in [2.24, 2.45) is 0 Å². The first-order valence-electron chi connectivity index (χ1n) is 7.08. The number of methoxy groups -OCH3 is 1. The van der Waals surface area contributed by atoms with Gasteiger partial charge in [-0.1, -0.05) is 42.1 Å². The molecule has 0 amide bonds. The van der Waals surface area contributed by atoms with Crippen LogP contribution in [0.25, 0.3) is 11.4 Å². The Morgan fingerprint density at radius 3 is 2.74 bits per heavy atom. The average Bonchev–Trinajstić information content (AvgIpc) is 3.15. The summed E-state index contributed by atoms with van der Waals surface area (Å²) < 4.78 is 7.24. The minimum Gasteiger partial charge on any atom is -0.508 e. The molecular formula is C16H14N4O2S. The SMILES string of the molecule is COc1ccccc1-c1nnc2n1N[C@H](c1ccccc1O)S2. The van der Waals surface area contributed by atoms with Crippen molar-refractivity contribution in [2.75, 3.05) is 12.5 Å². The van der Waals surface area contributed by atoms with Crippen molar-refractivity contribution >= 4 is 11.8 Å². The maximum absolute atomic E-state index is 10.0. The number of rotatable bonds is 3. The van der Waals surface area contributed by atoms with E-state index in [1.54, 1.807) is 19.2 Å². The lowest BCUT2D eigenvalue weighted by Gasteiger charge is -2.14. The van der Waals surface area contributed by atoms with E-state index in [0.29, 0.717) is 5.82 Å². The van der Waals surface area contributed by atoms with Gasteiger partial charge in [-0.2, -0.15) is 0 Å². The molecule has 1 atom stereocenters. The van der Waals surface area contributed by atoms with E-state index >= 15 is 0 Å². The van der Waals surface area contributed by atoms with Crippen LogP contribution in [0.4, 0.5) is 0 Å². The molecule has 0 saturated carbocycles. The molecule has 0 bridgehead atoms. The van der Waals surface area contributed by atoms with E-state index in [1.807, 2.05) is 41.1 Å². The number of hydrogen-bond donors (Lipinski definition) is 2. The molecule has 0 aliphatic carbocycles. The lowest BCUT2D eigenvalue weighted by Crippen LogP contribution is -2.14. The van der Waals surface area contributed by atoms with E-state index in [-0.39, 0.29) is 11.1 Å². The van der Waals surface area contributed by atoms with E-state index in [9.17, 15) is 5.11 Å². The summed E-state index contributed by atoms with van der Waals surface area (Å²) in [6, 6.07) is 14.9. The van der Waals surface area contributed by atoms with Crippen LogP contribution >= 0.6 is 11.8 Å². The van der Waals surface area contributed by atoms with Gasteiger partial charge in [0.15, 0.2) is 5.82 Å². The molecule has 3 aromatic rings. The molecule has 0 fully saturated rings. The molecule has 2 heterocycles. The zero-order chi connectivity index (χ0) is 15.8. The van der Waals surface area contributed by atoms with Gasteiger partial charge in [0.25, 0.3) is 0 Å². The topological polar surface area (TPSA) is 72.2 Å². The summed E-state index contributed by atoms with van der Waals surface area (Å²) in [6.07, 6.45) is 0. The third-order valence-corrected chi connectivity index (χ3v) is 4.74. The van der Waals surface area contributed by atoms with Crippen LogP contribution in [0.3, 0.4) is 0 Å². The number of ether oxygens (including phenoxy) is 1. The Hall–Kier alpha value is -2.67. The number of phenols is 1. The predicted molar refractivity (Wildman–Crippen MR) is 88.1 cm³/mol. The molecule has 2 N–H and O–H groups in total. The van der Waals surface area contributed by atoms with E-state index in [4.69, 9.17) is 4.74 Å². The Labute approximate surface area is 137 Å². The highest BCUT2D eigenvalue weighted by molar-refractivity contribution is 7.99. The standard InChI is InChI=1S/C16H14N4O2S/c1-22-13-9-5-3-7-11(13)14-17-18-16-20(14)19-15(23-16)10-6-2-4-8-12(10)21/h2-9,15,19,21H,1H3/t15-/m0/s1. The Bertz CT molecular complexity index is 865. The summed E-state index contributed by atoms with van der Waals surface area (Å²) in [6.45, 7) is 0. The van der Waals surface area contributed by atoms with Crippen LogP contribution in [-0.4, -0.2) is 27.1 Å². The Morgan fingerprint density at radius 1 is 1.13 bits per heavy atom. The van der Waals surface area contributed by atoms with Crippen molar-refractivity contribution in [3.63, 3.8) is 0 Å². The zero-order valence-corrected chi connectivity index (χ0v) is 13.1. The van der Waals surface area contributed by atoms with Crippen LogP contribution < -0.4 is 10.2 Å². The first-order valence-corrected chi connectivity index (χ1v) is 7.96. The van der Waals surface area contributed by atoms with Gasteiger partial charge in [0, 0.05) is 5.56 Å². The molecular weight excluding hydrogens is 312 g/mol. The summed E-state index contributed by atoms with van der Waals surface area (Å²) in [4.78, 5) is 0. The second kappa shape index (κ2) is 5.51. The highest BCUT2D eigenvalue weighted by atomic mass is 32.2. The average molecular weight is 326 g/mol. The van der Waals surface area contributed by atoms with E-state index < -0.39 is 0 Å². The van der Waals surface area contributed by atoms with Gasteiger partial charge in [0.1, 0.15) is 16.9 Å². The van der Waals surface area contributed by atoms with Crippen LogP contribution in [0.15, 0.2) is 53.7 Å². The third-order valence-electron chi connectivity index (χ3n) is 3.67. The number of fused-ring (bicyclic) bond motifs is 1. The van der Waals surface area contributed by atoms with Crippen LogP contribution in [0.1, 0.15) is 10.9 Å². The fraction of sp³-hybridized carbons (Fsp3) is 0.125. The van der Waals surface area contributed by atoms with Crippen LogP contribution in [0, 0.1) is 0 Å². The molecule has 6 nitrogen and oxygen atoms in total. The molecule has 2 aromatic carbocycles. The molecule has 0 unspecified atom stereocenters. The van der Waals surface area contributed by atoms with Gasteiger partial charge in [0.05, 0.1) is 12.7 Å². The zero-order valence-electron chi connectivity index (χ0n) is 12.3. The minimum absolute atomic E-state index is 0.116. The molecule has 0 saturated heterocycles. The number of benzene rings is 2. The summed E-state index contributed by atoms with van der Waals surface area (Å²) in [5, 5.41) is 19.2. The Balaban J connectivity index is 1.72. The molecule has 7 heteroatoms. The fourth-order valence-electron chi connectivity index (χ4n) is 2.56. The molecule has 1 aromatic heterocycles. The van der Waals surface area contributed by atoms with Gasteiger partial charge in [-0.3, -0.25) is 0 Å². The van der Waals surface area contributed by atoms with Crippen molar-refractivity contribution in [3.05, 3.63) is 54.1 Å². The number of nitrogens with zero attached hydrogens (tertiary/aromatic N) is 3. The molecule has 1 aliphatic heterocycles. The first-order chi connectivity index (χ1) is 11.3. The number of hydrogen-bond acceptors (Lipinski definition) is 6. The summed E-state index contributed by atoms with van der Waals surface area (Å²) in [5.74, 6) is 1.68. The van der Waals surface area contributed by atoms with Crippen LogP contribution in [0.5, 0.6) is 11.5 Å². The second-order valence-corrected chi connectivity index (χ2v) is 6.10. The van der Waals surface area contributed by atoms with E-state index in [1.165, 1.54) is 11.8 Å². The minimum atomic E-state index is -0.116. The first kappa shape index (κ1) is 14.0. The van der Waals surface area contributed by atoms with Gasteiger partial charge in [-0.15, -0.1) is 10.2 Å². The Kier molecular flexibility index (Phi) is 3.34. The van der Waals surface area contributed by atoms with Crippen molar-refractivity contribution in [1.82, 2.24) is 14.9 Å². The third kappa shape index (κ3) is 2.29. The molecule has 0 radical (unpaired) electrons. The van der Waals surface area contributed by atoms with Gasteiger partial charge in [-0.05, 0) is 18.2 Å². The van der Waals surface area contributed by atoms with E-state index in [0.717, 1.165) is 22.0 Å². The summed E-state index contributed by atoms with van der Waals surface area (Å²) >= 11 is 1.51. The molecule has 23 heavy (non-hydrogen) atoms. The largest absolute Gasteiger partial charge is 0.508 e. The van der Waals surface area contributed by atoms with E-state index in [2.05, 4.69) is 15.6 Å². The number of phenolic OH excluding ortho intramolecular Hbond substituents is 1. The van der Waals surface area contributed by atoms with Crippen molar-refractivity contribution < 1.29 is 9.84 Å². The molecule has 1 aliphatic rings. The van der Waals surface area contributed by atoms with Crippen LogP contribution in [0.2, 0.25) is 0 Å². The van der Waals surface area contributed by atoms with Gasteiger partial charge in [-0.25, -0.2) is 4.68 Å². The highest BCUT2D eigenvalue weighted by Gasteiger charge is 2.30. The number of thioether (sulfide) groups is 1.